The first-order valence-electron chi connectivity index (χ1n) is 3.91. The Morgan fingerprint density at radius 2 is 2.00 bits per heavy atom. The maximum atomic E-state index is 11.1. The topological polar surface area (TPSA) is 75.4 Å². The Bertz CT molecular complexity index is 295. The summed E-state index contributed by atoms with van der Waals surface area (Å²) in [7, 11) is 1.53. The number of phenolic OH excluding ortho intramolecular Hbond substituents is 1. The molecule has 1 amide bonds. The molecule has 0 saturated carbocycles. The third kappa shape index (κ3) is 2.19. The van der Waals surface area contributed by atoms with Gasteiger partial charge in [0.05, 0.1) is 0 Å². The second kappa shape index (κ2) is 3.91. The number of nitrogens with one attached hydrogen (secondary N) is 1. The molecule has 1 unspecified atom stereocenters. The predicted octanol–water partition coefficient (Wildman–Crippen LogP) is 0.138. The minimum Gasteiger partial charge on any atom is -0.508 e. The number of rotatable bonds is 2. The average molecular weight is 180 g/mol. The van der Waals surface area contributed by atoms with Crippen molar-refractivity contribution in [3.63, 3.8) is 0 Å². The maximum Gasteiger partial charge on any atom is 0.241 e. The largest absolute Gasteiger partial charge is 0.508 e. The molecule has 13 heavy (non-hydrogen) atoms. The molecule has 0 radical (unpaired) electrons. The number of phenols is 1. The van der Waals surface area contributed by atoms with Crippen molar-refractivity contribution in [1.29, 1.82) is 0 Å². The lowest BCUT2D eigenvalue weighted by atomic mass is 10.1. The van der Waals surface area contributed by atoms with Gasteiger partial charge in [0, 0.05) is 7.05 Å². The molecule has 0 bridgehead atoms. The fraction of sp³-hybridized carbons (Fsp3) is 0.222. The third-order valence-electron chi connectivity index (χ3n) is 1.78. The first-order valence-corrected chi connectivity index (χ1v) is 3.91. The van der Waals surface area contributed by atoms with Crippen LogP contribution in [0.4, 0.5) is 0 Å². The molecule has 4 N–H and O–H groups in total. The summed E-state index contributed by atoms with van der Waals surface area (Å²) in [5, 5.41) is 11.4. The van der Waals surface area contributed by atoms with Crippen molar-refractivity contribution in [2.24, 2.45) is 5.73 Å². The molecule has 70 valence electrons. The van der Waals surface area contributed by atoms with E-state index < -0.39 is 6.04 Å². The molecule has 0 aliphatic carbocycles. The van der Waals surface area contributed by atoms with Crippen molar-refractivity contribution in [2.75, 3.05) is 7.05 Å². The van der Waals surface area contributed by atoms with Gasteiger partial charge in [-0.1, -0.05) is 12.1 Å². The quantitative estimate of drug-likeness (QED) is 0.606. The van der Waals surface area contributed by atoms with E-state index in [4.69, 9.17) is 10.8 Å². The fourth-order valence-electron chi connectivity index (χ4n) is 0.989. The van der Waals surface area contributed by atoms with Gasteiger partial charge < -0.3 is 16.2 Å². The van der Waals surface area contributed by atoms with Crippen molar-refractivity contribution in [2.45, 2.75) is 6.04 Å². The predicted molar refractivity (Wildman–Crippen MR) is 49.1 cm³/mol. The Labute approximate surface area is 76.4 Å². The standard InChI is InChI=1S/C9H12N2O2/c1-11-9(13)8(10)6-2-4-7(12)5-3-6/h2-5,8,12H,10H2,1H3,(H,11,13). The van der Waals surface area contributed by atoms with Gasteiger partial charge >= 0.3 is 0 Å². The zero-order chi connectivity index (χ0) is 9.84. The molecule has 0 aliphatic rings. The van der Waals surface area contributed by atoms with Gasteiger partial charge in [0.1, 0.15) is 11.8 Å². The van der Waals surface area contributed by atoms with Gasteiger partial charge in [0.25, 0.3) is 0 Å². The van der Waals surface area contributed by atoms with E-state index in [0.29, 0.717) is 5.56 Å². The Morgan fingerprint density at radius 3 is 2.46 bits per heavy atom. The van der Waals surface area contributed by atoms with Crippen LogP contribution >= 0.6 is 0 Å². The summed E-state index contributed by atoms with van der Waals surface area (Å²) in [6.45, 7) is 0. The van der Waals surface area contributed by atoms with Crippen molar-refractivity contribution in [3.8, 4) is 5.75 Å². The third-order valence-corrected chi connectivity index (χ3v) is 1.78. The van der Waals surface area contributed by atoms with Crippen LogP contribution in [0.5, 0.6) is 5.75 Å². The summed E-state index contributed by atoms with van der Waals surface area (Å²) in [5.41, 5.74) is 6.28. The average Bonchev–Trinajstić information content (AvgIpc) is 2.17. The number of carbonyl (C=O) groups excluding carboxylic acids is 1. The van der Waals surface area contributed by atoms with Crippen LogP contribution in [-0.4, -0.2) is 18.1 Å². The number of amides is 1. The first-order chi connectivity index (χ1) is 6.15. The molecule has 0 aromatic heterocycles. The number of hydrogen-bond donors (Lipinski definition) is 3. The monoisotopic (exact) mass is 180 g/mol. The van der Waals surface area contributed by atoms with E-state index in [1.165, 1.54) is 19.2 Å². The van der Waals surface area contributed by atoms with E-state index in [1.807, 2.05) is 0 Å². The van der Waals surface area contributed by atoms with Gasteiger partial charge in [-0.05, 0) is 17.7 Å². The van der Waals surface area contributed by atoms with Crippen LogP contribution in [0.3, 0.4) is 0 Å². The second-order valence-corrected chi connectivity index (χ2v) is 2.68. The lowest BCUT2D eigenvalue weighted by Gasteiger charge is -2.09. The molecular weight excluding hydrogens is 168 g/mol. The number of hydrogen-bond acceptors (Lipinski definition) is 3. The smallest absolute Gasteiger partial charge is 0.241 e. The normalized spacial score (nSPS) is 12.2. The van der Waals surface area contributed by atoms with Crippen LogP contribution in [0.1, 0.15) is 11.6 Å². The first kappa shape index (κ1) is 9.54. The Kier molecular flexibility index (Phi) is 2.87. The molecule has 0 spiro atoms. The highest BCUT2D eigenvalue weighted by atomic mass is 16.3. The van der Waals surface area contributed by atoms with Gasteiger partial charge in [-0.2, -0.15) is 0 Å². The van der Waals surface area contributed by atoms with Crippen LogP contribution in [-0.2, 0) is 4.79 Å². The molecular formula is C9H12N2O2. The van der Waals surface area contributed by atoms with E-state index in [-0.39, 0.29) is 11.7 Å². The summed E-state index contributed by atoms with van der Waals surface area (Å²) in [5.74, 6) is -0.0847. The van der Waals surface area contributed by atoms with Gasteiger partial charge in [-0.15, -0.1) is 0 Å². The number of nitrogens with two attached hydrogens (primary N) is 1. The van der Waals surface area contributed by atoms with E-state index in [9.17, 15) is 4.79 Å². The molecule has 0 heterocycles. The minimum atomic E-state index is -0.675. The Morgan fingerprint density at radius 1 is 1.46 bits per heavy atom. The number of benzene rings is 1. The molecule has 1 rings (SSSR count). The Hall–Kier alpha value is -1.55. The SMILES string of the molecule is CNC(=O)C(N)c1ccc(O)cc1. The van der Waals surface area contributed by atoms with Crippen LogP contribution in [0.15, 0.2) is 24.3 Å². The summed E-state index contributed by atoms with van der Waals surface area (Å²) in [6, 6.07) is 5.56. The molecule has 0 saturated heterocycles. The van der Waals surface area contributed by atoms with Crippen LogP contribution in [0.2, 0.25) is 0 Å². The molecule has 1 atom stereocenters. The highest BCUT2D eigenvalue weighted by molar-refractivity contribution is 5.82. The fourth-order valence-corrected chi connectivity index (χ4v) is 0.989. The highest BCUT2D eigenvalue weighted by Gasteiger charge is 2.13. The molecule has 0 aliphatic heterocycles. The summed E-state index contributed by atoms with van der Waals surface area (Å²) >= 11 is 0. The number of carbonyl (C=O) groups is 1. The Balaban J connectivity index is 2.83. The van der Waals surface area contributed by atoms with Crippen molar-refractivity contribution in [3.05, 3.63) is 29.8 Å². The van der Waals surface area contributed by atoms with Crippen molar-refractivity contribution >= 4 is 5.91 Å². The van der Waals surface area contributed by atoms with E-state index in [2.05, 4.69) is 5.32 Å². The van der Waals surface area contributed by atoms with Gasteiger partial charge in [-0.3, -0.25) is 4.79 Å². The zero-order valence-corrected chi connectivity index (χ0v) is 7.32. The van der Waals surface area contributed by atoms with Crippen LogP contribution in [0, 0.1) is 0 Å². The lowest BCUT2D eigenvalue weighted by Crippen LogP contribution is -2.31. The van der Waals surface area contributed by atoms with Crippen LogP contribution < -0.4 is 11.1 Å². The number of aromatic hydroxyl groups is 1. The zero-order valence-electron chi connectivity index (χ0n) is 7.32. The summed E-state index contributed by atoms with van der Waals surface area (Å²) in [6.07, 6.45) is 0. The molecule has 0 fully saturated rings. The molecule has 4 nitrogen and oxygen atoms in total. The maximum absolute atomic E-state index is 11.1. The lowest BCUT2D eigenvalue weighted by molar-refractivity contribution is -0.121. The van der Waals surface area contributed by atoms with E-state index in [1.54, 1.807) is 12.1 Å². The molecule has 1 aromatic carbocycles. The van der Waals surface area contributed by atoms with E-state index >= 15 is 0 Å². The molecule has 1 aromatic rings. The summed E-state index contributed by atoms with van der Waals surface area (Å²) in [4.78, 5) is 11.1. The van der Waals surface area contributed by atoms with E-state index in [0.717, 1.165) is 0 Å². The van der Waals surface area contributed by atoms with Gasteiger partial charge in [0.15, 0.2) is 0 Å². The number of likely N-dealkylation sites (N-methyl/N-ethyl adjacent to an activating group) is 1. The van der Waals surface area contributed by atoms with Gasteiger partial charge in [0.2, 0.25) is 5.91 Å². The van der Waals surface area contributed by atoms with Crippen molar-refractivity contribution in [1.82, 2.24) is 5.32 Å². The molecule has 4 heteroatoms. The minimum absolute atomic E-state index is 0.160. The second-order valence-electron chi connectivity index (χ2n) is 2.68. The highest BCUT2D eigenvalue weighted by Crippen LogP contribution is 2.14. The van der Waals surface area contributed by atoms with Gasteiger partial charge in [-0.25, -0.2) is 0 Å². The van der Waals surface area contributed by atoms with Crippen LogP contribution in [0.25, 0.3) is 0 Å². The van der Waals surface area contributed by atoms with Crippen molar-refractivity contribution < 1.29 is 9.90 Å². The summed E-state index contributed by atoms with van der Waals surface area (Å²) < 4.78 is 0.